The Balaban J connectivity index is 2.90. The van der Waals surface area contributed by atoms with E-state index in [1.165, 1.54) is 0 Å². The highest BCUT2D eigenvalue weighted by Crippen LogP contribution is 2.29. The van der Waals surface area contributed by atoms with Gasteiger partial charge in [0.2, 0.25) is 0 Å². The number of hydrogen-bond donors (Lipinski definition) is 0. The molecule has 0 saturated carbocycles. The van der Waals surface area contributed by atoms with Gasteiger partial charge in [-0.1, -0.05) is 0 Å². The van der Waals surface area contributed by atoms with E-state index in [2.05, 4.69) is 4.74 Å². The summed E-state index contributed by atoms with van der Waals surface area (Å²) < 4.78 is 54.6. The third kappa shape index (κ3) is 2.73. The van der Waals surface area contributed by atoms with Gasteiger partial charge in [-0.15, -0.1) is 0 Å². The van der Waals surface area contributed by atoms with Crippen molar-refractivity contribution in [2.75, 3.05) is 13.7 Å². The lowest BCUT2D eigenvalue weighted by atomic mass is 10.0. The van der Waals surface area contributed by atoms with Crippen LogP contribution in [0.1, 0.15) is 19.3 Å². The highest BCUT2D eigenvalue weighted by molar-refractivity contribution is 5.89. The van der Waals surface area contributed by atoms with Crippen molar-refractivity contribution in [3.8, 4) is 0 Å². The topological polar surface area (TPSA) is 46.6 Å². The summed E-state index contributed by atoms with van der Waals surface area (Å²) in [5.41, 5.74) is 0. The van der Waals surface area contributed by atoms with Gasteiger partial charge in [0.1, 0.15) is 6.04 Å². The van der Waals surface area contributed by atoms with Crippen molar-refractivity contribution in [1.82, 2.24) is 4.90 Å². The lowest BCUT2D eigenvalue weighted by Gasteiger charge is -2.35. The van der Waals surface area contributed by atoms with Crippen LogP contribution in [0.2, 0.25) is 0 Å². The Bertz CT molecular complexity index is 335. The molecule has 18 heavy (non-hydrogen) atoms. The maximum atomic E-state index is 13.0. The molecular weight excluding hydrogens is 258 g/mol. The molecule has 0 N–H and O–H groups in total. The maximum Gasteiger partial charge on any atom is 0.383 e. The van der Waals surface area contributed by atoms with E-state index in [0.717, 1.165) is 7.11 Å². The summed E-state index contributed by atoms with van der Waals surface area (Å²) in [4.78, 5) is 23.2. The monoisotopic (exact) mass is 271 g/mol. The molecule has 0 radical (unpaired) electrons. The predicted octanol–water partition coefficient (Wildman–Crippen LogP) is 1.44. The lowest BCUT2D eigenvalue weighted by Crippen LogP contribution is -2.55. The van der Waals surface area contributed by atoms with Crippen LogP contribution in [0.25, 0.3) is 0 Å². The maximum absolute atomic E-state index is 13.0. The number of ether oxygens (including phenoxy) is 1. The van der Waals surface area contributed by atoms with Crippen molar-refractivity contribution in [2.24, 2.45) is 0 Å². The van der Waals surface area contributed by atoms with Crippen LogP contribution < -0.4 is 0 Å². The number of amides is 1. The zero-order valence-corrected chi connectivity index (χ0v) is 9.67. The van der Waals surface area contributed by atoms with Gasteiger partial charge in [0, 0.05) is 6.54 Å². The fourth-order valence-electron chi connectivity index (χ4n) is 1.84. The number of piperidine rings is 1. The largest absolute Gasteiger partial charge is 0.467 e. The van der Waals surface area contributed by atoms with Crippen molar-refractivity contribution >= 4 is 11.9 Å². The van der Waals surface area contributed by atoms with Gasteiger partial charge in [-0.05, 0) is 19.3 Å². The van der Waals surface area contributed by atoms with Crippen LogP contribution in [0.5, 0.6) is 0 Å². The zero-order chi connectivity index (χ0) is 13.9. The molecule has 1 saturated heterocycles. The van der Waals surface area contributed by atoms with E-state index in [0.29, 0.717) is 17.7 Å². The smallest absolute Gasteiger partial charge is 0.383 e. The molecule has 1 rings (SSSR count). The third-order valence-corrected chi connectivity index (χ3v) is 2.80. The van der Waals surface area contributed by atoms with E-state index in [9.17, 15) is 27.2 Å². The quantitative estimate of drug-likeness (QED) is 0.576. The fraction of sp³-hybridized carbons (Fsp3) is 0.800. The van der Waals surface area contributed by atoms with E-state index in [1.807, 2.05) is 0 Å². The van der Waals surface area contributed by atoms with Gasteiger partial charge in [-0.3, -0.25) is 4.79 Å². The van der Waals surface area contributed by atoms with Crippen LogP contribution in [0, 0.1) is 0 Å². The van der Waals surface area contributed by atoms with Crippen LogP contribution in [-0.4, -0.2) is 48.8 Å². The molecule has 1 amide bonds. The number of halogens is 4. The number of hydrogen-bond acceptors (Lipinski definition) is 3. The van der Waals surface area contributed by atoms with Gasteiger partial charge in [0.15, 0.2) is 0 Å². The molecule has 0 aliphatic carbocycles. The summed E-state index contributed by atoms with van der Waals surface area (Å²) in [7, 11) is 1.05. The van der Waals surface area contributed by atoms with Crippen LogP contribution in [-0.2, 0) is 14.3 Å². The second-order valence-electron chi connectivity index (χ2n) is 3.96. The first kappa shape index (κ1) is 14.7. The Morgan fingerprint density at radius 3 is 2.44 bits per heavy atom. The molecule has 1 fully saturated rings. The molecule has 0 spiro atoms. The SMILES string of the molecule is COC(=O)C1CCCCN1C(=O)C(F)(F)C(F)F. The highest BCUT2D eigenvalue weighted by atomic mass is 19.3. The molecule has 104 valence electrons. The van der Waals surface area contributed by atoms with Gasteiger partial charge >= 0.3 is 18.3 Å². The molecule has 0 aromatic heterocycles. The van der Waals surface area contributed by atoms with Crippen LogP contribution >= 0.6 is 0 Å². The lowest BCUT2D eigenvalue weighted by molar-refractivity contribution is -0.187. The number of rotatable bonds is 3. The second kappa shape index (κ2) is 5.53. The van der Waals surface area contributed by atoms with Gasteiger partial charge in [0.05, 0.1) is 7.11 Å². The average Bonchev–Trinajstić information content (AvgIpc) is 2.36. The Morgan fingerprint density at radius 2 is 1.94 bits per heavy atom. The van der Waals surface area contributed by atoms with Gasteiger partial charge in [-0.25, -0.2) is 13.6 Å². The van der Waals surface area contributed by atoms with E-state index < -0.39 is 30.3 Å². The van der Waals surface area contributed by atoms with Crippen molar-refractivity contribution in [1.29, 1.82) is 0 Å². The molecule has 1 aliphatic rings. The van der Waals surface area contributed by atoms with Gasteiger partial charge < -0.3 is 9.64 Å². The fourth-order valence-corrected chi connectivity index (χ4v) is 1.84. The first-order valence-corrected chi connectivity index (χ1v) is 5.37. The number of likely N-dealkylation sites (tertiary alicyclic amines) is 1. The molecule has 1 heterocycles. The summed E-state index contributed by atoms with van der Waals surface area (Å²) in [6.07, 6.45) is -3.02. The summed E-state index contributed by atoms with van der Waals surface area (Å²) in [6.45, 7) is -0.152. The molecule has 0 aromatic rings. The van der Waals surface area contributed by atoms with Crippen LogP contribution in [0.4, 0.5) is 17.6 Å². The molecule has 8 heteroatoms. The Hall–Kier alpha value is -1.34. The number of carbonyl (C=O) groups excluding carboxylic acids is 2. The third-order valence-electron chi connectivity index (χ3n) is 2.80. The van der Waals surface area contributed by atoms with Gasteiger partial charge in [-0.2, -0.15) is 8.78 Å². The Kier molecular flexibility index (Phi) is 4.53. The van der Waals surface area contributed by atoms with Crippen molar-refractivity contribution in [2.45, 2.75) is 37.7 Å². The first-order chi connectivity index (χ1) is 8.32. The number of alkyl halides is 4. The molecule has 0 bridgehead atoms. The second-order valence-corrected chi connectivity index (χ2v) is 3.96. The highest BCUT2D eigenvalue weighted by Gasteiger charge is 2.53. The van der Waals surface area contributed by atoms with E-state index >= 15 is 0 Å². The first-order valence-electron chi connectivity index (χ1n) is 5.37. The van der Waals surface area contributed by atoms with E-state index in [1.54, 1.807) is 0 Å². The molecule has 1 atom stereocenters. The molecular formula is C10H13F4NO3. The van der Waals surface area contributed by atoms with Crippen LogP contribution in [0.15, 0.2) is 0 Å². The normalized spacial score (nSPS) is 21.0. The minimum atomic E-state index is -4.77. The summed E-state index contributed by atoms with van der Waals surface area (Å²) in [5.74, 6) is -7.66. The summed E-state index contributed by atoms with van der Waals surface area (Å²) in [5, 5.41) is 0. The predicted molar refractivity (Wildman–Crippen MR) is 52.3 cm³/mol. The number of esters is 1. The Morgan fingerprint density at radius 1 is 1.33 bits per heavy atom. The van der Waals surface area contributed by atoms with E-state index in [-0.39, 0.29) is 13.0 Å². The number of nitrogens with zero attached hydrogens (tertiary/aromatic N) is 1. The average molecular weight is 271 g/mol. The van der Waals surface area contributed by atoms with Gasteiger partial charge in [0.25, 0.3) is 5.91 Å². The van der Waals surface area contributed by atoms with E-state index in [4.69, 9.17) is 0 Å². The minimum absolute atomic E-state index is 0.137. The van der Waals surface area contributed by atoms with Crippen molar-refractivity contribution in [3.63, 3.8) is 0 Å². The zero-order valence-electron chi connectivity index (χ0n) is 9.67. The van der Waals surface area contributed by atoms with Crippen molar-refractivity contribution < 1.29 is 31.9 Å². The number of methoxy groups -OCH3 is 1. The molecule has 4 nitrogen and oxygen atoms in total. The van der Waals surface area contributed by atoms with Crippen molar-refractivity contribution in [3.05, 3.63) is 0 Å². The van der Waals surface area contributed by atoms with Crippen LogP contribution in [0.3, 0.4) is 0 Å². The summed E-state index contributed by atoms with van der Waals surface area (Å²) in [6, 6.07) is -1.21. The standard InChI is InChI=1S/C10H13F4NO3/c1-18-7(16)6-4-2-3-5-15(6)9(17)10(13,14)8(11)12/h6,8H,2-5H2,1H3. The molecule has 1 unspecified atom stereocenters. The minimum Gasteiger partial charge on any atom is -0.467 e. The number of carbonyl (C=O) groups is 2. The Labute approximate surface area is 101 Å². The molecule has 1 aliphatic heterocycles. The summed E-state index contributed by atoms with van der Waals surface area (Å²) >= 11 is 0. The molecule has 0 aromatic carbocycles.